The summed E-state index contributed by atoms with van der Waals surface area (Å²) in [6.45, 7) is 5.92. The lowest BCUT2D eigenvalue weighted by Crippen LogP contribution is -2.39. The van der Waals surface area contributed by atoms with E-state index in [4.69, 9.17) is 4.84 Å². The average molecular weight is 498 g/mol. The predicted octanol–water partition coefficient (Wildman–Crippen LogP) is 4.29. The van der Waals surface area contributed by atoms with Crippen LogP contribution >= 0.6 is 0 Å². The number of nitriles is 2. The third-order valence-electron chi connectivity index (χ3n) is 6.82. The van der Waals surface area contributed by atoms with Gasteiger partial charge in [-0.15, -0.1) is 0 Å². The van der Waals surface area contributed by atoms with E-state index in [-0.39, 0.29) is 28.8 Å². The molecule has 0 saturated heterocycles. The third-order valence-corrected chi connectivity index (χ3v) is 6.82. The Labute approximate surface area is 216 Å². The minimum atomic E-state index is -0.404. The van der Waals surface area contributed by atoms with E-state index in [1.165, 1.54) is 4.57 Å². The molecule has 37 heavy (non-hydrogen) atoms. The highest BCUT2D eigenvalue weighted by molar-refractivity contribution is 6.02. The number of hydrogen-bond acceptors (Lipinski definition) is 8. The summed E-state index contributed by atoms with van der Waals surface area (Å²) in [4.78, 5) is 29.5. The molecule has 9 nitrogen and oxygen atoms in total. The summed E-state index contributed by atoms with van der Waals surface area (Å²) in [7, 11) is 3.52. The summed E-state index contributed by atoms with van der Waals surface area (Å²) in [6.07, 6.45) is 6.92. The maximum Gasteiger partial charge on any atom is 0.270 e. The molecule has 3 heterocycles. The second kappa shape index (κ2) is 10.4. The maximum atomic E-state index is 13.0. The van der Waals surface area contributed by atoms with Gasteiger partial charge in [-0.05, 0) is 70.7 Å². The first-order chi connectivity index (χ1) is 17.6. The summed E-state index contributed by atoms with van der Waals surface area (Å²) in [5.41, 5.74) is 2.97. The van der Waals surface area contributed by atoms with Gasteiger partial charge in [-0.25, -0.2) is 4.98 Å². The molecule has 0 radical (unpaired) electrons. The fourth-order valence-electron chi connectivity index (χ4n) is 4.89. The van der Waals surface area contributed by atoms with E-state index in [1.807, 2.05) is 44.9 Å². The highest BCUT2D eigenvalue weighted by Gasteiger charge is 2.31. The first-order valence-corrected chi connectivity index (χ1v) is 12.4. The van der Waals surface area contributed by atoms with Gasteiger partial charge < -0.3 is 14.3 Å². The van der Waals surface area contributed by atoms with Gasteiger partial charge in [0, 0.05) is 44.0 Å². The summed E-state index contributed by atoms with van der Waals surface area (Å²) >= 11 is 0. The van der Waals surface area contributed by atoms with E-state index in [0.29, 0.717) is 16.7 Å². The van der Waals surface area contributed by atoms with Crippen molar-refractivity contribution >= 4 is 22.4 Å². The SMILES string of the molecule is CN(c1c(C#N)c(=O)n(C)c2ccc(C#N)nc12)C1CCC(/C(=N/OC(C)(C)C)c2ccncc2)CC1. The number of fused-ring (bicyclic) bond motifs is 1. The molecular formula is C28H31N7O2. The molecule has 0 unspecified atom stereocenters. The molecule has 0 N–H and O–H groups in total. The number of hydrogen-bond donors (Lipinski definition) is 0. The number of rotatable bonds is 5. The third kappa shape index (κ3) is 5.31. The highest BCUT2D eigenvalue weighted by Crippen LogP contribution is 2.35. The van der Waals surface area contributed by atoms with Gasteiger partial charge in [0.15, 0.2) is 0 Å². The van der Waals surface area contributed by atoms with Crippen LogP contribution in [0.1, 0.15) is 63.3 Å². The molecule has 4 rings (SSSR count). The number of aromatic nitrogens is 3. The summed E-state index contributed by atoms with van der Waals surface area (Å²) in [5.74, 6) is 0.202. The molecule has 1 aliphatic rings. The first-order valence-electron chi connectivity index (χ1n) is 12.4. The van der Waals surface area contributed by atoms with Crippen molar-refractivity contribution in [2.75, 3.05) is 11.9 Å². The minimum Gasteiger partial charge on any atom is -0.390 e. The number of anilines is 1. The number of nitrogens with zero attached hydrogens (tertiary/aromatic N) is 7. The first kappa shape index (κ1) is 25.8. The van der Waals surface area contributed by atoms with Crippen LogP contribution in [0.5, 0.6) is 0 Å². The molecule has 190 valence electrons. The van der Waals surface area contributed by atoms with Gasteiger partial charge in [0.1, 0.15) is 34.5 Å². The molecule has 1 saturated carbocycles. The van der Waals surface area contributed by atoms with Crippen molar-refractivity contribution in [3.8, 4) is 12.1 Å². The van der Waals surface area contributed by atoms with Crippen molar-refractivity contribution < 1.29 is 4.84 Å². The Morgan fingerprint density at radius 2 is 1.78 bits per heavy atom. The summed E-state index contributed by atoms with van der Waals surface area (Å²) in [5, 5.41) is 23.9. The van der Waals surface area contributed by atoms with E-state index in [9.17, 15) is 15.3 Å². The Morgan fingerprint density at radius 1 is 1.11 bits per heavy atom. The van der Waals surface area contributed by atoms with Crippen molar-refractivity contribution in [2.24, 2.45) is 18.1 Å². The number of pyridine rings is 3. The smallest absolute Gasteiger partial charge is 0.270 e. The van der Waals surface area contributed by atoms with Crippen LogP contribution in [0.2, 0.25) is 0 Å². The van der Waals surface area contributed by atoms with Crippen molar-refractivity contribution in [1.82, 2.24) is 14.5 Å². The topological polar surface area (TPSA) is 120 Å². The highest BCUT2D eigenvalue weighted by atomic mass is 16.6. The van der Waals surface area contributed by atoms with Gasteiger partial charge in [0.25, 0.3) is 5.56 Å². The van der Waals surface area contributed by atoms with E-state index < -0.39 is 5.60 Å². The second-order valence-electron chi connectivity index (χ2n) is 10.4. The minimum absolute atomic E-state index is 0.0415. The summed E-state index contributed by atoms with van der Waals surface area (Å²) < 4.78 is 1.42. The maximum absolute atomic E-state index is 13.0. The normalized spacial score (nSPS) is 18.2. The zero-order chi connectivity index (χ0) is 26.7. The van der Waals surface area contributed by atoms with E-state index in [0.717, 1.165) is 37.0 Å². The molecule has 0 bridgehead atoms. The Bertz CT molecular complexity index is 1470. The van der Waals surface area contributed by atoms with Crippen molar-refractivity contribution in [3.63, 3.8) is 0 Å². The van der Waals surface area contributed by atoms with Gasteiger partial charge in [-0.2, -0.15) is 10.5 Å². The Kier molecular flexibility index (Phi) is 7.26. The molecule has 0 aliphatic heterocycles. The lowest BCUT2D eigenvalue weighted by atomic mass is 9.80. The predicted molar refractivity (Wildman–Crippen MR) is 142 cm³/mol. The van der Waals surface area contributed by atoms with Crippen LogP contribution in [-0.4, -0.2) is 38.9 Å². The standard InChI is InChI=1S/C28H31N7O2/c1-28(2,3)37-33-24(19-12-14-31-15-13-19)18-6-9-21(10-7-18)34(4)26-22(17-30)27(36)35(5)23-11-8-20(16-29)32-25(23)26/h8,11-15,18,21H,6-7,9-10H2,1-5H3/b33-24-. The van der Waals surface area contributed by atoms with Crippen LogP contribution in [0.3, 0.4) is 0 Å². The van der Waals surface area contributed by atoms with Crippen LogP contribution in [-0.2, 0) is 11.9 Å². The quantitative estimate of drug-likeness (QED) is 0.381. The van der Waals surface area contributed by atoms with E-state index >= 15 is 0 Å². The molecule has 9 heteroatoms. The molecule has 1 fully saturated rings. The van der Waals surface area contributed by atoms with Crippen LogP contribution in [0.25, 0.3) is 11.0 Å². The Balaban J connectivity index is 1.66. The molecular weight excluding hydrogens is 466 g/mol. The largest absolute Gasteiger partial charge is 0.390 e. The van der Waals surface area contributed by atoms with Crippen molar-refractivity contribution in [3.05, 3.63) is 63.8 Å². The fourth-order valence-corrected chi connectivity index (χ4v) is 4.89. The lowest BCUT2D eigenvalue weighted by molar-refractivity contribution is -0.0000293. The lowest BCUT2D eigenvalue weighted by Gasteiger charge is -2.37. The second-order valence-corrected chi connectivity index (χ2v) is 10.4. The Morgan fingerprint density at radius 3 is 2.38 bits per heavy atom. The van der Waals surface area contributed by atoms with Crippen molar-refractivity contribution in [2.45, 2.75) is 58.1 Å². The number of oxime groups is 1. The molecule has 3 aromatic heterocycles. The van der Waals surface area contributed by atoms with Gasteiger partial charge >= 0.3 is 0 Å². The van der Waals surface area contributed by atoms with Crippen molar-refractivity contribution in [1.29, 1.82) is 10.5 Å². The molecule has 0 aromatic carbocycles. The molecule has 1 aliphatic carbocycles. The number of aryl methyl sites for hydroxylation is 1. The van der Waals surface area contributed by atoms with E-state index in [2.05, 4.69) is 27.3 Å². The monoisotopic (exact) mass is 497 g/mol. The van der Waals surface area contributed by atoms with Gasteiger partial charge in [-0.1, -0.05) is 5.16 Å². The van der Waals surface area contributed by atoms with Gasteiger partial charge in [0.05, 0.1) is 16.9 Å². The zero-order valence-electron chi connectivity index (χ0n) is 21.9. The van der Waals surface area contributed by atoms with Crippen LogP contribution in [0.4, 0.5) is 5.69 Å². The molecule has 3 aromatic rings. The Hall–Kier alpha value is -4.24. The molecule has 0 atom stereocenters. The van der Waals surface area contributed by atoms with Crippen LogP contribution in [0.15, 0.2) is 46.6 Å². The molecule has 0 spiro atoms. The van der Waals surface area contributed by atoms with Crippen LogP contribution < -0.4 is 10.5 Å². The summed E-state index contributed by atoms with van der Waals surface area (Å²) in [6, 6.07) is 11.4. The zero-order valence-corrected chi connectivity index (χ0v) is 21.9. The van der Waals surface area contributed by atoms with Gasteiger partial charge in [0.2, 0.25) is 0 Å². The average Bonchev–Trinajstić information content (AvgIpc) is 2.90. The fraction of sp³-hybridized carbons (Fsp3) is 0.429. The van der Waals surface area contributed by atoms with Gasteiger partial charge in [-0.3, -0.25) is 9.78 Å². The molecule has 0 amide bonds. The van der Waals surface area contributed by atoms with Crippen LogP contribution in [0, 0.1) is 28.6 Å². The van der Waals surface area contributed by atoms with E-state index in [1.54, 1.807) is 31.6 Å².